The summed E-state index contributed by atoms with van der Waals surface area (Å²) in [6, 6.07) is 3.85. The first-order valence-electron chi connectivity index (χ1n) is 11.5. The van der Waals surface area contributed by atoms with Crippen LogP contribution in [0.25, 0.3) is 16.8 Å². The summed E-state index contributed by atoms with van der Waals surface area (Å²) >= 11 is 6.19. The zero-order valence-corrected chi connectivity index (χ0v) is 21.3. The first kappa shape index (κ1) is 30.1. The van der Waals surface area contributed by atoms with Gasteiger partial charge in [0.2, 0.25) is 0 Å². The number of hydrogen-bond donors (Lipinski definition) is 2. The SMILES string of the molecule is Cc1cc(C(F)(C(F)(F)F)C(F)(F)F)cc(C(F)(F)F)c1-c1cnn(-c2ccc(Cl)c(C(O)NC3(C)CC3)c2)c1. The highest BCUT2D eigenvalue weighted by Gasteiger charge is 2.73. The fraction of sp³-hybridized carbons (Fsp3) is 0.400. The molecule has 1 heterocycles. The molecule has 3 aromatic rings. The molecule has 40 heavy (non-hydrogen) atoms. The number of aliphatic hydroxyl groups excluding tert-OH is 1. The number of hydrogen-bond acceptors (Lipinski definition) is 3. The molecule has 0 saturated heterocycles. The van der Waals surface area contributed by atoms with Crippen molar-refractivity contribution in [3.8, 4) is 16.8 Å². The number of aliphatic hydroxyl groups is 1. The van der Waals surface area contributed by atoms with E-state index in [-0.39, 0.29) is 33.4 Å². The minimum atomic E-state index is -6.59. The first-order valence-corrected chi connectivity index (χ1v) is 11.9. The highest BCUT2D eigenvalue weighted by atomic mass is 35.5. The summed E-state index contributed by atoms with van der Waals surface area (Å²) in [4.78, 5) is 0. The minimum Gasteiger partial charge on any atom is -0.374 e. The lowest BCUT2D eigenvalue weighted by Gasteiger charge is -2.31. The summed E-state index contributed by atoms with van der Waals surface area (Å²) in [6.07, 6.45) is -16.2. The monoisotopic (exact) mass is 603 g/mol. The van der Waals surface area contributed by atoms with Crippen LogP contribution in [0.4, 0.5) is 43.9 Å². The molecule has 0 amide bonds. The Morgan fingerprint density at radius 2 is 1.57 bits per heavy atom. The van der Waals surface area contributed by atoms with Gasteiger partial charge in [0.05, 0.1) is 17.4 Å². The Morgan fingerprint density at radius 3 is 2.10 bits per heavy atom. The molecular formula is C25H20ClF10N3O. The van der Waals surface area contributed by atoms with Crippen molar-refractivity contribution in [1.29, 1.82) is 0 Å². The van der Waals surface area contributed by atoms with Gasteiger partial charge in [0.15, 0.2) is 0 Å². The van der Waals surface area contributed by atoms with Crippen molar-refractivity contribution >= 4 is 11.6 Å². The lowest BCUT2D eigenvalue weighted by molar-refractivity contribution is -0.348. The molecule has 1 saturated carbocycles. The van der Waals surface area contributed by atoms with Crippen molar-refractivity contribution in [2.45, 2.75) is 62.7 Å². The van der Waals surface area contributed by atoms with Gasteiger partial charge in [-0.1, -0.05) is 17.7 Å². The van der Waals surface area contributed by atoms with E-state index in [9.17, 15) is 49.0 Å². The molecule has 15 heteroatoms. The van der Waals surface area contributed by atoms with Crippen molar-refractivity contribution in [3.63, 3.8) is 0 Å². The van der Waals surface area contributed by atoms with Crippen LogP contribution >= 0.6 is 11.6 Å². The van der Waals surface area contributed by atoms with Crippen molar-refractivity contribution in [2.24, 2.45) is 0 Å². The van der Waals surface area contributed by atoms with Crippen LogP contribution in [0.15, 0.2) is 42.7 Å². The molecule has 1 aliphatic carbocycles. The minimum absolute atomic E-state index is 0.0871. The van der Waals surface area contributed by atoms with Crippen LogP contribution in [0.5, 0.6) is 0 Å². The zero-order chi connectivity index (χ0) is 30.1. The van der Waals surface area contributed by atoms with Gasteiger partial charge in [0, 0.05) is 33.4 Å². The Hall–Kier alpha value is -2.84. The second-order valence-electron chi connectivity index (χ2n) is 9.85. The molecule has 2 N–H and O–H groups in total. The zero-order valence-electron chi connectivity index (χ0n) is 20.5. The Morgan fingerprint density at radius 1 is 0.975 bits per heavy atom. The van der Waals surface area contributed by atoms with E-state index in [1.807, 2.05) is 6.92 Å². The summed E-state index contributed by atoms with van der Waals surface area (Å²) in [5, 5.41) is 17.7. The quantitative estimate of drug-likeness (QED) is 0.222. The fourth-order valence-electron chi connectivity index (χ4n) is 4.30. The van der Waals surface area contributed by atoms with Gasteiger partial charge in [-0.2, -0.15) is 44.6 Å². The van der Waals surface area contributed by atoms with Crippen molar-refractivity contribution < 1.29 is 49.0 Å². The number of rotatable bonds is 6. The van der Waals surface area contributed by atoms with E-state index >= 15 is 0 Å². The Balaban J connectivity index is 1.81. The molecule has 1 fully saturated rings. The first-order chi connectivity index (χ1) is 18.2. The van der Waals surface area contributed by atoms with Crippen molar-refractivity contribution in [1.82, 2.24) is 15.1 Å². The molecule has 1 unspecified atom stereocenters. The van der Waals surface area contributed by atoms with E-state index in [1.54, 1.807) is 0 Å². The summed E-state index contributed by atoms with van der Waals surface area (Å²) in [5.74, 6) is 0. The highest BCUT2D eigenvalue weighted by Crippen LogP contribution is 2.55. The van der Waals surface area contributed by atoms with Crippen LogP contribution in [-0.4, -0.2) is 32.8 Å². The number of alkyl halides is 10. The molecule has 1 aliphatic rings. The van der Waals surface area contributed by atoms with E-state index in [4.69, 9.17) is 11.6 Å². The summed E-state index contributed by atoms with van der Waals surface area (Å²) < 4.78 is 137. The second kappa shape index (κ2) is 9.62. The van der Waals surface area contributed by atoms with Crippen molar-refractivity contribution in [2.75, 3.05) is 0 Å². The predicted molar refractivity (Wildman–Crippen MR) is 124 cm³/mol. The maximum absolute atomic E-state index is 14.6. The second-order valence-corrected chi connectivity index (χ2v) is 10.3. The molecule has 0 aliphatic heterocycles. The van der Waals surface area contributed by atoms with Crippen LogP contribution in [-0.2, 0) is 11.8 Å². The third-order valence-corrected chi connectivity index (χ3v) is 7.06. The average molecular weight is 604 g/mol. The van der Waals surface area contributed by atoms with Gasteiger partial charge in [-0.25, -0.2) is 9.07 Å². The smallest absolute Gasteiger partial charge is 0.374 e. The lowest BCUT2D eigenvalue weighted by Crippen LogP contribution is -2.50. The normalized spacial score (nSPS) is 16.8. The molecule has 0 bridgehead atoms. The third kappa shape index (κ3) is 5.40. The van der Waals surface area contributed by atoms with Crippen LogP contribution < -0.4 is 5.32 Å². The maximum atomic E-state index is 14.6. The van der Waals surface area contributed by atoms with E-state index in [0.717, 1.165) is 36.8 Å². The van der Waals surface area contributed by atoms with Crippen LogP contribution in [0, 0.1) is 6.92 Å². The molecule has 2 aromatic carbocycles. The predicted octanol–water partition coefficient (Wildman–Crippen LogP) is 7.94. The third-order valence-electron chi connectivity index (χ3n) is 6.72. The molecule has 4 rings (SSSR count). The van der Waals surface area contributed by atoms with Crippen LogP contribution in [0.2, 0.25) is 5.02 Å². The van der Waals surface area contributed by atoms with Crippen LogP contribution in [0.1, 0.15) is 48.2 Å². The summed E-state index contributed by atoms with van der Waals surface area (Å²) in [5.41, 5.74) is -11.8. The average Bonchev–Trinajstić information content (AvgIpc) is 3.33. The van der Waals surface area contributed by atoms with Gasteiger partial charge in [0.25, 0.3) is 0 Å². The van der Waals surface area contributed by atoms with Gasteiger partial charge in [-0.05, 0) is 62.1 Å². The van der Waals surface area contributed by atoms with E-state index < -0.39 is 58.7 Å². The van der Waals surface area contributed by atoms with Crippen molar-refractivity contribution in [3.05, 3.63) is 70.0 Å². The van der Waals surface area contributed by atoms with Gasteiger partial charge < -0.3 is 5.11 Å². The molecule has 1 atom stereocenters. The molecule has 218 valence electrons. The fourth-order valence-corrected chi connectivity index (χ4v) is 4.52. The van der Waals surface area contributed by atoms with E-state index in [2.05, 4.69) is 10.4 Å². The molecule has 0 radical (unpaired) electrons. The van der Waals surface area contributed by atoms with Gasteiger partial charge >= 0.3 is 24.2 Å². The molecular weight excluding hydrogens is 584 g/mol. The number of aryl methyl sites for hydroxylation is 1. The molecule has 4 nitrogen and oxygen atoms in total. The van der Waals surface area contributed by atoms with Gasteiger partial charge in [-0.15, -0.1) is 0 Å². The Labute approximate surface area is 225 Å². The topological polar surface area (TPSA) is 50.1 Å². The Kier molecular flexibility index (Phi) is 7.25. The maximum Gasteiger partial charge on any atom is 0.435 e. The van der Waals surface area contributed by atoms with Gasteiger partial charge in [0.1, 0.15) is 6.23 Å². The number of nitrogens with one attached hydrogen (secondary N) is 1. The largest absolute Gasteiger partial charge is 0.435 e. The standard InChI is InChI=1S/C25H20ClF10N3O/c1-12-7-14(22(27,24(31,32)33)25(34,35)36)8-17(23(28,29)30)19(12)13-10-37-39(11-13)15-3-4-18(26)16(9-15)20(40)38-21(2)5-6-21/h3-4,7-11,20,38,40H,5-6H2,1-2H3. The van der Waals surface area contributed by atoms with E-state index in [0.29, 0.717) is 0 Å². The summed E-state index contributed by atoms with van der Waals surface area (Å²) in [7, 11) is 0. The molecule has 0 spiro atoms. The molecule has 1 aromatic heterocycles. The Bertz CT molecular complexity index is 1410. The summed E-state index contributed by atoms with van der Waals surface area (Å²) in [6.45, 7) is 2.72. The number of nitrogens with zero attached hydrogens (tertiary/aromatic N) is 2. The van der Waals surface area contributed by atoms with E-state index in [1.165, 1.54) is 18.2 Å². The van der Waals surface area contributed by atoms with Gasteiger partial charge in [-0.3, -0.25) is 5.32 Å². The highest BCUT2D eigenvalue weighted by molar-refractivity contribution is 6.31. The lowest BCUT2D eigenvalue weighted by atomic mass is 9.87. The number of benzene rings is 2. The number of aromatic nitrogens is 2. The van der Waals surface area contributed by atoms with Crippen LogP contribution in [0.3, 0.4) is 0 Å². The number of halogens is 11.